The molecule has 1 atom stereocenters. The van der Waals surface area contributed by atoms with Crippen LogP contribution in [0.3, 0.4) is 0 Å². The molecule has 0 radical (unpaired) electrons. The average Bonchev–Trinajstić information content (AvgIpc) is 2.75. The fourth-order valence-electron chi connectivity index (χ4n) is 2.18. The first-order valence-electron chi connectivity index (χ1n) is 6.30. The number of hydrogen-bond acceptors (Lipinski definition) is 4. The smallest absolute Gasteiger partial charge is 0.163 e. The predicted molar refractivity (Wildman–Crippen MR) is 69.0 cm³/mol. The first-order valence-corrected chi connectivity index (χ1v) is 6.30. The second kappa shape index (κ2) is 5.98. The lowest BCUT2D eigenvalue weighted by atomic mass is 10.1. The van der Waals surface area contributed by atoms with Gasteiger partial charge in [0.05, 0.1) is 11.7 Å². The van der Waals surface area contributed by atoms with Crippen LogP contribution in [-0.2, 0) is 0 Å². The van der Waals surface area contributed by atoms with Crippen molar-refractivity contribution in [2.75, 3.05) is 26.2 Å². The molecule has 0 unspecified atom stereocenters. The van der Waals surface area contributed by atoms with Crippen LogP contribution in [0.4, 0.5) is 0 Å². The number of ketones is 1. The number of likely N-dealkylation sites (tertiary alicyclic amines) is 1. The van der Waals surface area contributed by atoms with Crippen molar-refractivity contribution >= 4 is 5.78 Å². The average molecular weight is 249 g/mol. The number of β-amino-alcohol motifs (C(OH)–C–C–N with tert-alkyl or cyclic N) is 1. The maximum absolute atomic E-state index is 11.4. The SMILES string of the molecule is CC(=O)c1ccccc1OCCN1CC[C@H](O)C1. The summed E-state index contributed by atoms with van der Waals surface area (Å²) >= 11 is 0. The second-order valence-electron chi connectivity index (χ2n) is 4.64. The van der Waals surface area contributed by atoms with E-state index in [1.807, 2.05) is 18.2 Å². The summed E-state index contributed by atoms with van der Waals surface area (Å²) in [6.07, 6.45) is 0.638. The normalized spacial score (nSPS) is 20.0. The van der Waals surface area contributed by atoms with Crippen molar-refractivity contribution in [1.29, 1.82) is 0 Å². The molecule has 1 aliphatic heterocycles. The van der Waals surface area contributed by atoms with Gasteiger partial charge in [-0.2, -0.15) is 0 Å². The lowest BCUT2D eigenvalue weighted by Crippen LogP contribution is -2.27. The topological polar surface area (TPSA) is 49.8 Å². The number of benzene rings is 1. The van der Waals surface area contributed by atoms with Crippen molar-refractivity contribution in [2.45, 2.75) is 19.4 Å². The molecule has 98 valence electrons. The number of aliphatic hydroxyl groups is 1. The summed E-state index contributed by atoms with van der Waals surface area (Å²) in [6, 6.07) is 7.29. The number of carbonyl (C=O) groups excluding carboxylic acids is 1. The van der Waals surface area contributed by atoms with Gasteiger partial charge in [0.25, 0.3) is 0 Å². The van der Waals surface area contributed by atoms with Gasteiger partial charge in [0.15, 0.2) is 5.78 Å². The number of Topliss-reactive ketones (excluding diaryl/α,β-unsaturated/α-hetero) is 1. The molecule has 4 heteroatoms. The fraction of sp³-hybridized carbons (Fsp3) is 0.500. The van der Waals surface area contributed by atoms with Crippen LogP contribution in [0.15, 0.2) is 24.3 Å². The van der Waals surface area contributed by atoms with Gasteiger partial charge in [-0.05, 0) is 25.5 Å². The van der Waals surface area contributed by atoms with Crippen molar-refractivity contribution in [2.24, 2.45) is 0 Å². The van der Waals surface area contributed by atoms with Crippen LogP contribution >= 0.6 is 0 Å². The highest BCUT2D eigenvalue weighted by atomic mass is 16.5. The zero-order valence-electron chi connectivity index (χ0n) is 10.6. The standard InChI is InChI=1S/C14H19NO3/c1-11(16)13-4-2-3-5-14(13)18-9-8-15-7-6-12(17)10-15/h2-5,12,17H,6-10H2,1H3/t12-/m0/s1. The molecule has 0 amide bonds. The number of para-hydroxylation sites is 1. The van der Waals surface area contributed by atoms with E-state index in [-0.39, 0.29) is 11.9 Å². The van der Waals surface area contributed by atoms with E-state index in [9.17, 15) is 9.90 Å². The number of aliphatic hydroxyl groups excluding tert-OH is 1. The molecule has 1 aromatic carbocycles. The third-order valence-corrected chi connectivity index (χ3v) is 3.18. The molecule has 18 heavy (non-hydrogen) atoms. The van der Waals surface area contributed by atoms with E-state index in [1.165, 1.54) is 0 Å². The van der Waals surface area contributed by atoms with E-state index in [4.69, 9.17) is 4.74 Å². The number of ether oxygens (including phenoxy) is 1. The van der Waals surface area contributed by atoms with E-state index in [2.05, 4.69) is 4.90 Å². The zero-order valence-corrected chi connectivity index (χ0v) is 10.6. The Hall–Kier alpha value is -1.39. The summed E-state index contributed by atoms with van der Waals surface area (Å²) in [5.74, 6) is 0.659. The summed E-state index contributed by atoms with van der Waals surface area (Å²) < 4.78 is 5.65. The molecule has 0 aromatic heterocycles. The summed E-state index contributed by atoms with van der Waals surface area (Å²) in [4.78, 5) is 13.6. The van der Waals surface area contributed by atoms with Crippen LogP contribution in [0.5, 0.6) is 5.75 Å². The monoisotopic (exact) mass is 249 g/mol. The van der Waals surface area contributed by atoms with Gasteiger partial charge in [-0.3, -0.25) is 9.69 Å². The van der Waals surface area contributed by atoms with Gasteiger partial charge in [-0.1, -0.05) is 12.1 Å². The molecule has 2 rings (SSSR count). The zero-order chi connectivity index (χ0) is 13.0. The lowest BCUT2D eigenvalue weighted by molar-refractivity contribution is 0.101. The molecule has 0 saturated carbocycles. The van der Waals surface area contributed by atoms with Gasteiger partial charge in [0, 0.05) is 19.6 Å². The maximum atomic E-state index is 11.4. The largest absolute Gasteiger partial charge is 0.491 e. The molecular formula is C14H19NO3. The van der Waals surface area contributed by atoms with E-state index >= 15 is 0 Å². The molecule has 4 nitrogen and oxygen atoms in total. The van der Waals surface area contributed by atoms with Crippen LogP contribution < -0.4 is 4.74 Å². The van der Waals surface area contributed by atoms with Crippen molar-refractivity contribution < 1.29 is 14.6 Å². The molecule has 1 fully saturated rings. The van der Waals surface area contributed by atoms with Crippen molar-refractivity contribution in [3.8, 4) is 5.75 Å². The van der Waals surface area contributed by atoms with E-state index in [1.54, 1.807) is 13.0 Å². The first-order chi connectivity index (χ1) is 8.66. The highest BCUT2D eigenvalue weighted by Crippen LogP contribution is 2.18. The Balaban J connectivity index is 1.85. The molecule has 1 aliphatic rings. The summed E-state index contributed by atoms with van der Waals surface area (Å²) in [5.41, 5.74) is 0.624. The molecular weight excluding hydrogens is 230 g/mol. The summed E-state index contributed by atoms with van der Waals surface area (Å²) in [6.45, 7) is 4.50. The third-order valence-electron chi connectivity index (χ3n) is 3.18. The Bertz CT molecular complexity index is 419. The highest BCUT2D eigenvalue weighted by Gasteiger charge is 2.19. The fourth-order valence-corrected chi connectivity index (χ4v) is 2.18. The molecule has 1 heterocycles. The number of carbonyl (C=O) groups is 1. The maximum Gasteiger partial charge on any atom is 0.163 e. The Morgan fingerprint density at radius 2 is 2.28 bits per heavy atom. The van der Waals surface area contributed by atoms with Crippen molar-refractivity contribution in [3.63, 3.8) is 0 Å². The van der Waals surface area contributed by atoms with Crippen LogP contribution in [0, 0.1) is 0 Å². The van der Waals surface area contributed by atoms with Crippen molar-refractivity contribution in [3.05, 3.63) is 29.8 Å². The van der Waals surface area contributed by atoms with Gasteiger partial charge in [-0.25, -0.2) is 0 Å². The molecule has 1 N–H and O–H groups in total. The number of nitrogens with zero attached hydrogens (tertiary/aromatic N) is 1. The predicted octanol–water partition coefficient (Wildman–Crippen LogP) is 1.33. The highest BCUT2D eigenvalue weighted by molar-refractivity contribution is 5.96. The Morgan fingerprint density at radius 3 is 2.94 bits per heavy atom. The molecule has 1 saturated heterocycles. The molecule has 1 aromatic rings. The summed E-state index contributed by atoms with van der Waals surface area (Å²) in [7, 11) is 0. The second-order valence-corrected chi connectivity index (χ2v) is 4.64. The van der Waals surface area contributed by atoms with Crippen molar-refractivity contribution in [1.82, 2.24) is 4.90 Å². The van der Waals surface area contributed by atoms with Gasteiger partial charge in [0.1, 0.15) is 12.4 Å². The minimum absolute atomic E-state index is 0.0159. The third kappa shape index (κ3) is 3.31. The van der Waals surface area contributed by atoms with Gasteiger partial charge in [0.2, 0.25) is 0 Å². The van der Waals surface area contributed by atoms with Crippen LogP contribution in [-0.4, -0.2) is 48.1 Å². The van der Waals surface area contributed by atoms with E-state index < -0.39 is 0 Å². The number of hydrogen-bond donors (Lipinski definition) is 1. The Morgan fingerprint density at radius 1 is 1.50 bits per heavy atom. The van der Waals surface area contributed by atoms with Crippen LogP contribution in [0.1, 0.15) is 23.7 Å². The molecule has 0 bridgehead atoms. The molecule has 0 spiro atoms. The van der Waals surface area contributed by atoms with Crippen LogP contribution in [0.25, 0.3) is 0 Å². The van der Waals surface area contributed by atoms with Crippen LogP contribution in [0.2, 0.25) is 0 Å². The van der Waals surface area contributed by atoms with Gasteiger partial charge < -0.3 is 9.84 Å². The minimum Gasteiger partial charge on any atom is -0.491 e. The minimum atomic E-state index is -0.200. The molecule has 0 aliphatic carbocycles. The van der Waals surface area contributed by atoms with E-state index in [0.717, 1.165) is 26.1 Å². The number of rotatable bonds is 5. The lowest BCUT2D eigenvalue weighted by Gasteiger charge is -2.16. The van der Waals surface area contributed by atoms with Gasteiger partial charge >= 0.3 is 0 Å². The van der Waals surface area contributed by atoms with Gasteiger partial charge in [-0.15, -0.1) is 0 Å². The quantitative estimate of drug-likeness (QED) is 0.800. The first kappa shape index (κ1) is 13.1. The van der Waals surface area contributed by atoms with E-state index in [0.29, 0.717) is 17.9 Å². The Kier molecular flexibility index (Phi) is 4.33. The summed E-state index contributed by atoms with van der Waals surface area (Å²) in [5, 5.41) is 9.41. The Labute approximate surface area is 107 Å².